The molecule has 0 radical (unpaired) electrons. The van der Waals surface area contributed by atoms with E-state index in [1.165, 1.54) is 14.2 Å². The number of aromatic amines is 2. The molecule has 6 aromatic rings. The molecule has 338 valence electrons. The number of hydrogen-bond acceptors (Lipinski definition) is 8. The van der Waals surface area contributed by atoms with Crippen molar-refractivity contribution in [1.29, 1.82) is 0 Å². The van der Waals surface area contributed by atoms with Crippen LogP contribution in [0.15, 0.2) is 85.1 Å². The van der Waals surface area contributed by atoms with Crippen molar-refractivity contribution in [2.45, 2.75) is 85.0 Å². The number of benzene rings is 4. The summed E-state index contributed by atoms with van der Waals surface area (Å²) in [5.41, 5.74) is 6.93. The van der Waals surface area contributed by atoms with Gasteiger partial charge in [-0.25, -0.2) is 19.6 Å². The second kappa shape index (κ2) is 20.6. The topological polar surface area (TPSA) is 175 Å². The summed E-state index contributed by atoms with van der Waals surface area (Å²) in [6.07, 6.45) is 4.09. The van der Waals surface area contributed by atoms with Crippen molar-refractivity contribution in [1.82, 2.24) is 40.4 Å². The Bertz CT molecular complexity index is 2730. The van der Waals surface area contributed by atoms with Crippen LogP contribution < -0.4 is 10.6 Å². The average Bonchev–Trinajstić information content (AvgIpc) is 3.85. The number of alkyl carbamates (subject to hydrolysis) is 2. The Balaban J connectivity index is 1.15. The standard InChI is InChI=1S/C51H58N8O6/c1-8-25-58(48(60)44(31(3)4)56-50(62)64-6)30-43-53-41-24-21-37-27-36(19-23-40(37)46(41)55-43)39-22-20-38(28-35(39)18-17-33-15-16-33)42-29-52-47(54-42)32(5)59(26-9-2)49(61)45(57-51(63)65-7)34-13-11-10-12-14-34/h10-14,19-24,27-29,31-33,44-45H,8-9,15-16,25-26,30H2,1-7H3,(H,52,54)(H,53,55)(H,56,62)(H,57,63)/t32-,44-,45+/m0/s1. The molecule has 1 fully saturated rings. The number of aromatic nitrogens is 4. The smallest absolute Gasteiger partial charge is 0.407 e. The molecular weight excluding hydrogens is 821 g/mol. The first-order chi connectivity index (χ1) is 31.4. The van der Waals surface area contributed by atoms with E-state index < -0.39 is 30.3 Å². The van der Waals surface area contributed by atoms with Gasteiger partial charge in [-0.2, -0.15) is 0 Å². The van der Waals surface area contributed by atoms with Gasteiger partial charge in [-0.3, -0.25) is 9.59 Å². The Morgan fingerprint density at radius 2 is 1.55 bits per heavy atom. The molecule has 2 aromatic heterocycles. The highest BCUT2D eigenvalue weighted by atomic mass is 16.5. The van der Waals surface area contributed by atoms with Crippen molar-refractivity contribution < 1.29 is 28.7 Å². The van der Waals surface area contributed by atoms with Crippen LogP contribution in [0.1, 0.15) is 95.2 Å². The van der Waals surface area contributed by atoms with Crippen molar-refractivity contribution in [2.24, 2.45) is 11.8 Å². The summed E-state index contributed by atoms with van der Waals surface area (Å²) in [7, 11) is 2.56. The van der Waals surface area contributed by atoms with Crippen molar-refractivity contribution in [3.8, 4) is 34.2 Å². The first-order valence-corrected chi connectivity index (χ1v) is 22.4. The van der Waals surface area contributed by atoms with Gasteiger partial charge in [0.15, 0.2) is 0 Å². The number of carbonyl (C=O) groups excluding carboxylic acids is 4. The molecular formula is C51H58N8O6. The summed E-state index contributed by atoms with van der Waals surface area (Å²) in [5.74, 6) is 8.02. The normalized spacial score (nSPS) is 13.7. The molecule has 14 nitrogen and oxygen atoms in total. The highest BCUT2D eigenvalue weighted by Crippen LogP contribution is 2.34. The van der Waals surface area contributed by atoms with E-state index >= 15 is 0 Å². The van der Waals surface area contributed by atoms with Crippen molar-refractivity contribution in [2.75, 3.05) is 27.3 Å². The second-order valence-electron chi connectivity index (χ2n) is 16.9. The number of imidazole rings is 2. The SMILES string of the molecule is CCCN(Cc1nc2c(ccc3cc(-c4ccc(-c5cnc([C@H](C)N(CCC)C(=O)[C@H](NC(=O)OC)c6ccccc6)[nH]5)cc4C#CC4CC4)ccc32)[nH]1)C(=O)[C@@H](NC(=O)OC)C(C)C. The van der Waals surface area contributed by atoms with Crippen LogP contribution >= 0.6 is 0 Å². The lowest BCUT2D eigenvalue weighted by atomic mass is 9.94. The first kappa shape index (κ1) is 45.9. The minimum absolute atomic E-state index is 0.141. The van der Waals surface area contributed by atoms with Gasteiger partial charge in [0.05, 0.1) is 49.7 Å². The number of methoxy groups -OCH3 is 2. The van der Waals surface area contributed by atoms with Crippen LogP contribution in [-0.2, 0) is 25.6 Å². The zero-order valence-corrected chi connectivity index (χ0v) is 38.2. The third-order valence-electron chi connectivity index (χ3n) is 11.7. The molecule has 1 aliphatic carbocycles. The zero-order chi connectivity index (χ0) is 46.2. The van der Waals surface area contributed by atoms with Gasteiger partial charge < -0.3 is 39.9 Å². The summed E-state index contributed by atoms with van der Waals surface area (Å²) < 4.78 is 9.67. The fraction of sp³-hybridized carbons (Fsp3) is 0.373. The van der Waals surface area contributed by atoms with E-state index in [-0.39, 0.29) is 24.3 Å². The molecule has 4 amide bonds. The van der Waals surface area contributed by atoms with Crippen LogP contribution in [0.25, 0.3) is 44.2 Å². The first-order valence-electron chi connectivity index (χ1n) is 22.4. The molecule has 2 heterocycles. The fourth-order valence-corrected chi connectivity index (χ4v) is 8.04. The van der Waals surface area contributed by atoms with Gasteiger partial charge >= 0.3 is 12.2 Å². The van der Waals surface area contributed by atoms with Crippen molar-refractivity contribution in [3.05, 3.63) is 108 Å². The number of H-pyrrole nitrogens is 2. The predicted octanol–water partition coefficient (Wildman–Crippen LogP) is 9.05. The number of nitrogens with one attached hydrogen (secondary N) is 4. The maximum atomic E-state index is 14.2. The molecule has 1 aliphatic rings. The van der Waals surface area contributed by atoms with E-state index in [0.29, 0.717) is 42.6 Å². The van der Waals surface area contributed by atoms with Crippen LogP contribution in [0.2, 0.25) is 0 Å². The van der Waals surface area contributed by atoms with E-state index in [1.807, 2.05) is 71.0 Å². The van der Waals surface area contributed by atoms with Gasteiger partial charge in [-0.05, 0) is 78.8 Å². The summed E-state index contributed by atoms with van der Waals surface area (Å²) in [6.45, 7) is 10.9. The number of rotatable bonds is 16. The molecule has 0 spiro atoms. The van der Waals surface area contributed by atoms with E-state index in [9.17, 15) is 19.2 Å². The maximum absolute atomic E-state index is 14.2. The molecule has 7 rings (SSSR count). The van der Waals surface area contributed by atoms with Gasteiger partial charge in [0.1, 0.15) is 23.7 Å². The molecule has 4 N–H and O–H groups in total. The highest BCUT2D eigenvalue weighted by molar-refractivity contribution is 6.05. The predicted molar refractivity (Wildman–Crippen MR) is 251 cm³/mol. The summed E-state index contributed by atoms with van der Waals surface area (Å²) in [5, 5.41) is 7.41. The van der Waals surface area contributed by atoms with Crippen LogP contribution in [0.3, 0.4) is 0 Å². The number of amides is 4. The number of ether oxygens (including phenoxy) is 2. The Labute approximate surface area is 379 Å². The van der Waals surface area contributed by atoms with Crippen LogP contribution in [0.4, 0.5) is 9.59 Å². The van der Waals surface area contributed by atoms with Crippen LogP contribution in [0, 0.1) is 23.7 Å². The minimum Gasteiger partial charge on any atom is -0.453 e. The van der Waals surface area contributed by atoms with E-state index in [4.69, 9.17) is 19.4 Å². The maximum Gasteiger partial charge on any atom is 0.407 e. The summed E-state index contributed by atoms with van der Waals surface area (Å²) in [4.78, 5) is 72.5. The monoisotopic (exact) mass is 878 g/mol. The number of carbonyl (C=O) groups is 4. The lowest BCUT2D eigenvalue weighted by molar-refractivity contribution is -0.136. The molecule has 0 unspecified atom stereocenters. The Morgan fingerprint density at radius 1 is 0.831 bits per heavy atom. The molecule has 4 aromatic carbocycles. The largest absolute Gasteiger partial charge is 0.453 e. The van der Waals surface area contributed by atoms with Crippen LogP contribution in [-0.4, -0.2) is 87.1 Å². The Hall–Kier alpha value is -7.14. The van der Waals surface area contributed by atoms with E-state index in [0.717, 1.165) is 69.0 Å². The third-order valence-corrected chi connectivity index (χ3v) is 11.7. The second-order valence-corrected chi connectivity index (χ2v) is 16.9. The van der Waals surface area contributed by atoms with Crippen molar-refractivity contribution in [3.63, 3.8) is 0 Å². The van der Waals surface area contributed by atoms with Crippen molar-refractivity contribution >= 4 is 45.8 Å². The molecule has 0 bridgehead atoms. The summed E-state index contributed by atoms with van der Waals surface area (Å²) in [6, 6.07) is 23.7. The van der Waals surface area contributed by atoms with E-state index in [2.05, 4.69) is 74.9 Å². The summed E-state index contributed by atoms with van der Waals surface area (Å²) >= 11 is 0. The molecule has 1 saturated carbocycles. The fourth-order valence-electron chi connectivity index (χ4n) is 8.04. The minimum atomic E-state index is -0.939. The molecule has 65 heavy (non-hydrogen) atoms. The average molecular weight is 879 g/mol. The zero-order valence-electron chi connectivity index (χ0n) is 38.2. The molecule has 0 saturated heterocycles. The van der Waals surface area contributed by atoms with Gasteiger partial charge in [0, 0.05) is 35.5 Å². The number of nitrogens with zero attached hydrogens (tertiary/aromatic N) is 4. The Morgan fingerprint density at radius 3 is 2.25 bits per heavy atom. The number of fused-ring (bicyclic) bond motifs is 3. The van der Waals surface area contributed by atoms with Gasteiger partial charge in [-0.15, -0.1) is 0 Å². The van der Waals surface area contributed by atoms with Crippen LogP contribution in [0.5, 0.6) is 0 Å². The molecule has 0 aliphatic heterocycles. The van der Waals surface area contributed by atoms with Gasteiger partial charge in [-0.1, -0.05) is 100 Å². The highest BCUT2D eigenvalue weighted by Gasteiger charge is 2.33. The lowest BCUT2D eigenvalue weighted by Gasteiger charge is -2.31. The van der Waals surface area contributed by atoms with Gasteiger partial charge in [0.2, 0.25) is 5.91 Å². The van der Waals surface area contributed by atoms with E-state index in [1.54, 1.807) is 16.0 Å². The quantitative estimate of drug-likeness (QED) is 0.0697. The Kier molecular flexibility index (Phi) is 14.5. The number of hydrogen-bond donors (Lipinski definition) is 4. The molecule has 14 heteroatoms. The lowest BCUT2D eigenvalue weighted by Crippen LogP contribution is -2.51. The third kappa shape index (κ3) is 10.6. The van der Waals surface area contributed by atoms with Gasteiger partial charge in [0.25, 0.3) is 5.91 Å². The molecule has 3 atom stereocenters.